The van der Waals surface area contributed by atoms with Crippen molar-refractivity contribution >= 4 is 43.7 Å². The summed E-state index contributed by atoms with van der Waals surface area (Å²) < 4.78 is 53.2. The van der Waals surface area contributed by atoms with Crippen molar-refractivity contribution in [1.82, 2.24) is 5.32 Å². The van der Waals surface area contributed by atoms with Crippen molar-refractivity contribution in [3.8, 4) is 5.75 Å². The highest BCUT2D eigenvalue weighted by Crippen LogP contribution is 2.43. The number of nitrogens with one attached hydrogen (secondary N) is 1. The average Bonchev–Trinajstić information content (AvgIpc) is 3.42. The first-order valence-electron chi connectivity index (χ1n) is 14.1. The van der Waals surface area contributed by atoms with Crippen molar-refractivity contribution in [3.63, 3.8) is 0 Å². The van der Waals surface area contributed by atoms with Gasteiger partial charge in [-0.25, -0.2) is 4.99 Å². The Hall–Kier alpha value is -3.67. The maximum Gasteiger partial charge on any atom is 0.416 e. The molecule has 11 heteroatoms. The second-order valence-electron chi connectivity index (χ2n) is 10.5. The van der Waals surface area contributed by atoms with E-state index in [4.69, 9.17) is 19.6 Å². The van der Waals surface area contributed by atoms with Crippen molar-refractivity contribution in [3.05, 3.63) is 134 Å². The molecule has 2 atom stereocenters. The number of benzene rings is 4. The summed E-state index contributed by atoms with van der Waals surface area (Å²) in [5.41, 5.74) is 0.492. The van der Waals surface area contributed by atoms with E-state index in [0.717, 1.165) is 32.2 Å². The Bertz CT molecular complexity index is 1630. The quantitative estimate of drug-likeness (QED) is 0.154. The molecular weight excluding hydrogens is 717 g/mol. The van der Waals surface area contributed by atoms with Crippen LogP contribution in [0, 0.1) is 0 Å². The van der Waals surface area contributed by atoms with Gasteiger partial charge in [-0.3, -0.25) is 4.79 Å². The first kappa shape index (κ1) is 32.7. The van der Waals surface area contributed by atoms with Crippen LogP contribution in [0.5, 0.6) is 5.75 Å². The van der Waals surface area contributed by atoms with Gasteiger partial charge in [0.05, 0.1) is 12.2 Å². The van der Waals surface area contributed by atoms with Gasteiger partial charge in [0.2, 0.25) is 5.90 Å². The zero-order chi connectivity index (χ0) is 32.0. The van der Waals surface area contributed by atoms with E-state index in [1.54, 1.807) is 24.3 Å². The van der Waals surface area contributed by atoms with Crippen LogP contribution in [0.25, 0.3) is 0 Å². The Labute approximate surface area is 275 Å². The second-order valence-corrected chi connectivity index (χ2v) is 12.4. The van der Waals surface area contributed by atoms with Gasteiger partial charge in [0.25, 0.3) is 5.91 Å². The van der Waals surface area contributed by atoms with Crippen LogP contribution in [0.1, 0.15) is 40.3 Å². The molecule has 4 aromatic carbocycles. The van der Waals surface area contributed by atoms with Crippen LogP contribution >= 0.6 is 31.9 Å². The smallest absolute Gasteiger partial charge is 0.416 e. The topological polar surface area (TPSA) is 80.2 Å². The van der Waals surface area contributed by atoms with Gasteiger partial charge in [-0.15, -0.1) is 0 Å². The summed E-state index contributed by atoms with van der Waals surface area (Å²) in [6.07, 6.45) is -4.58. The predicted molar refractivity (Wildman–Crippen MR) is 172 cm³/mol. The first-order valence-corrected chi connectivity index (χ1v) is 15.7. The molecular formula is C34H29Br2F3N2O4. The number of aliphatic hydroxyl groups excluding tert-OH is 1. The number of aliphatic imine (C=N–C) groups is 1. The van der Waals surface area contributed by atoms with Gasteiger partial charge >= 0.3 is 6.18 Å². The molecule has 4 aromatic rings. The molecule has 6 nitrogen and oxygen atoms in total. The van der Waals surface area contributed by atoms with Crippen molar-refractivity contribution in [1.29, 1.82) is 0 Å². The molecule has 1 heterocycles. The molecule has 0 saturated carbocycles. The largest absolute Gasteiger partial charge is 0.494 e. The summed E-state index contributed by atoms with van der Waals surface area (Å²) in [7, 11) is 0. The predicted octanol–water partition coefficient (Wildman–Crippen LogP) is 7.81. The van der Waals surface area contributed by atoms with E-state index in [1.807, 2.05) is 48.5 Å². The fraction of sp³-hybridized carbons (Fsp3) is 0.235. The standard InChI is InChI=1S/C34H29Br2F3N2O4/c35-27-12-4-22(5-13-27)20-33(32(43)40-21-23-2-10-26(11-3-23)34(37,38)39)30(24-6-14-28(36)15-7-24)45-31(41-33)25-8-16-29(17-9-25)44-19-1-18-42/h2-17,30,42H,1,18-21H2,(H,40,43)/t30-,33-/m1/s1. The molecule has 45 heavy (non-hydrogen) atoms. The highest BCUT2D eigenvalue weighted by atomic mass is 79.9. The molecule has 0 spiro atoms. The number of carbonyl (C=O) groups is 1. The Morgan fingerprint density at radius 3 is 2.09 bits per heavy atom. The zero-order valence-electron chi connectivity index (χ0n) is 23.9. The van der Waals surface area contributed by atoms with E-state index < -0.39 is 29.3 Å². The van der Waals surface area contributed by atoms with Crippen LogP contribution in [-0.2, 0) is 28.7 Å². The Balaban J connectivity index is 1.52. The summed E-state index contributed by atoms with van der Waals surface area (Å²) in [6, 6.07) is 26.8. The maximum atomic E-state index is 14.3. The van der Waals surface area contributed by atoms with Crippen LogP contribution in [0.3, 0.4) is 0 Å². The molecule has 1 aliphatic heterocycles. The molecule has 234 valence electrons. The normalized spacial score (nSPS) is 17.8. The van der Waals surface area contributed by atoms with Gasteiger partial charge in [0.1, 0.15) is 5.75 Å². The van der Waals surface area contributed by atoms with Crippen molar-refractivity contribution < 1.29 is 32.5 Å². The highest BCUT2D eigenvalue weighted by molar-refractivity contribution is 9.10. The third kappa shape index (κ3) is 7.95. The minimum Gasteiger partial charge on any atom is -0.494 e. The average molecular weight is 746 g/mol. The Morgan fingerprint density at radius 1 is 0.889 bits per heavy atom. The number of nitrogens with zero attached hydrogens (tertiary/aromatic N) is 1. The van der Waals surface area contributed by atoms with Crippen molar-refractivity contribution in [2.45, 2.75) is 37.2 Å². The highest BCUT2D eigenvalue weighted by Gasteiger charge is 2.53. The summed E-state index contributed by atoms with van der Waals surface area (Å²) in [5.74, 6) is 0.453. The lowest BCUT2D eigenvalue weighted by atomic mass is 9.82. The fourth-order valence-electron chi connectivity index (χ4n) is 4.98. The molecule has 0 bridgehead atoms. The number of halogens is 5. The molecule has 0 fully saturated rings. The number of amides is 1. The van der Waals surface area contributed by atoms with Crippen LogP contribution in [0.15, 0.2) is 111 Å². The van der Waals surface area contributed by atoms with Crippen LogP contribution < -0.4 is 10.1 Å². The second kappa shape index (κ2) is 14.2. The molecule has 5 rings (SSSR count). The van der Waals surface area contributed by atoms with E-state index in [-0.39, 0.29) is 25.5 Å². The third-order valence-corrected chi connectivity index (χ3v) is 8.38. The van der Waals surface area contributed by atoms with Crippen LogP contribution in [0.4, 0.5) is 13.2 Å². The van der Waals surface area contributed by atoms with Gasteiger partial charge in [-0.2, -0.15) is 13.2 Å². The lowest BCUT2D eigenvalue weighted by molar-refractivity contribution is -0.137. The van der Waals surface area contributed by atoms with E-state index in [2.05, 4.69) is 37.2 Å². The van der Waals surface area contributed by atoms with E-state index in [1.165, 1.54) is 12.1 Å². The molecule has 0 radical (unpaired) electrons. The maximum absolute atomic E-state index is 14.3. The number of hydrogen-bond acceptors (Lipinski definition) is 5. The summed E-state index contributed by atoms with van der Waals surface area (Å²) in [6.45, 7) is 0.396. The van der Waals surface area contributed by atoms with Gasteiger partial charge in [0, 0.05) is 40.5 Å². The Morgan fingerprint density at radius 2 is 1.49 bits per heavy atom. The first-order chi connectivity index (χ1) is 21.6. The lowest BCUT2D eigenvalue weighted by Crippen LogP contribution is -2.49. The number of hydrogen-bond donors (Lipinski definition) is 2. The molecule has 0 aromatic heterocycles. The molecule has 1 aliphatic rings. The number of rotatable bonds is 11. The van der Waals surface area contributed by atoms with Crippen molar-refractivity contribution in [2.75, 3.05) is 13.2 Å². The summed E-state index contributed by atoms with van der Waals surface area (Å²) >= 11 is 6.93. The van der Waals surface area contributed by atoms with Gasteiger partial charge in [0.15, 0.2) is 11.6 Å². The molecule has 0 saturated heterocycles. The SMILES string of the molecule is O=C(NCc1ccc(C(F)(F)F)cc1)[C@]1(Cc2ccc(Br)cc2)N=C(c2ccc(OCCCO)cc2)O[C@@H]1c1ccc(Br)cc1. The van der Waals surface area contributed by atoms with E-state index in [9.17, 15) is 18.0 Å². The summed E-state index contributed by atoms with van der Waals surface area (Å²) in [5, 5.41) is 12.0. The molecule has 1 amide bonds. The van der Waals surface area contributed by atoms with Crippen LogP contribution in [0.2, 0.25) is 0 Å². The molecule has 0 unspecified atom stereocenters. The Kier molecular flexibility index (Phi) is 10.3. The lowest BCUT2D eigenvalue weighted by Gasteiger charge is -2.31. The molecule has 0 aliphatic carbocycles. The van der Waals surface area contributed by atoms with Gasteiger partial charge in [-0.05, 0) is 77.4 Å². The molecule has 2 N–H and O–H groups in total. The number of carbonyl (C=O) groups excluding carboxylic acids is 1. The minimum absolute atomic E-state index is 0.00313. The summed E-state index contributed by atoms with van der Waals surface area (Å²) in [4.78, 5) is 19.3. The third-order valence-electron chi connectivity index (χ3n) is 7.32. The van der Waals surface area contributed by atoms with E-state index in [0.29, 0.717) is 29.9 Å². The minimum atomic E-state index is -4.45. The zero-order valence-corrected chi connectivity index (χ0v) is 27.0. The number of alkyl halides is 3. The van der Waals surface area contributed by atoms with E-state index >= 15 is 0 Å². The van der Waals surface area contributed by atoms with Gasteiger partial charge in [-0.1, -0.05) is 68.3 Å². The number of aliphatic hydroxyl groups is 1. The van der Waals surface area contributed by atoms with Gasteiger partial charge < -0.3 is 19.9 Å². The fourth-order valence-corrected chi connectivity index (χ4v) is 5.51. The van der Waals surface area contributed by atoms with Crippen LogP contribution in [-0.4, -0.2) is 35.7 Å². The monoisotopic (exact) mass is 744 g/mol. The number of ether oxygens (including phenoxy) is 2. The van der Waals surface area contributed by atoms with Crippen molar-refractivity contribution in [2.24, 2.45) is 4.99 Å².